The van der Waals surface area contributed by atoms with Crippen LogP contribution in [0.4, 0.5) is 5.69 Å². The van der Waals surface area contributed by atoms with Gasteiger partial charge in [0.05, 0.1) is 27.6 Å². The van der Waals surface area contributed by atoms with Gasteiger partial charge in [-0.1, -0.05) is 91.6 Å². The molecule has 3 nitrogen and oxygen atoms in total. The maximum Gasteiger partial charge on any atom is 0.239 e. The predicted octanol–water partition coefficient (Wildman–Crippen LogP) is 5.74. The van der Waals surface area contributed by atoms with Crippen molar-refractivity contribution >= 4 is 40.7 Å². The Bertz CT molecular complexity index is 1190. The van der Waals surface area contributed by atoms with Crippen LogP contribution in [0.15, 0.2) is 66.7 Å². The largest absolute Gasteiger partial charge is 0.274 e. The predicted molar refractivity (Wildman–Crippen MR) is 122 cm³/mol. The molecule has 2 amide bonds. The van der Waals surface area contributed by atoms with Gasteiger partial charge in [0.1, 0.15) is 0 Å². The summed E-state index contributed by atoms with van der Waals surface area (Å²) in [7, 11) is 0. The van der Waals surface area contributed by atoms with E-state index in [1.54, 1.807) is 18.2 Å². The standard InChI is InChI=1S/C26H19Cl2NO2/c1-25-14-8-3-5-10-16(14)26(2,17-11-6-4-9-15(17)25)21-20(25)23(30)29(24(21)31)19-13-7-12-18(27)22(19)28/h3-13,20-21H,1-2H3/t20-,21-,25?,26?/m1/s1. The third kappa shape index (κ3) is 2.02. The van der Waals surface area contributed by atoms with E-state index in [1.165, 1.54) is 4.90 Å². The summed E-state index contributed by atoms with van der Waals surface area (Å²) >= 11 is 12.7. The molecule has 1 fully saturated rings. The highest BCUT2D eigenvalue weighted by atomic mass is 35.5. The van der Waals surface area contributed by atoms with E-state index in [9.17, 15) is 9.59 Å². The minimum atomic E-state index is -0.609. The van der Waals surface area contributed by atoms with E-state index in [0.29, 0.717) is 10.7 Å². The molecule has 1 saturated heterocycles. The second-order valence-electron chi connectivity index (χ2n) is 9.04. The Kier molecular flexibility index (Phi) is 3.69. The normalized spacial score (nSPS) is 30.3. The van der Waals surface area contributed by atoms with Crippen molar-refractivity contribution in [3.05, 3.63) is 99.0 Å². The van der Waals surface area contributed by atoms with Crippen LogP contribution >= 0.6 is 23.2 Å². The summed E-state index contributed by atoms with van der Waals surface area (Å²) in [6.07, 6.45) is 0. The lowest BCUT2D eigenvalue weighted by atomic mass is 9.42. The fourth-order valence-corrected chi connectivity index (χ4v) is 6.85. The molecule has 0 saturated carbocycles. The summed E-state index contributed by atoms with van der Waals surface area (Å²) in [4.78, 5) is 29.2. The highest BCUT2D eigenvalue weighted by Crippen LogP contribution is 2.66. The maximum atomic E-state index is 14.0. The lowest BCUT2D eigenvalue weighted by molar-refractivity contribution is -0.124. The molecule has 1 aliphatic heterocycles. The van der Waals surface area contributed by atoms with Crippen LogP contribution in [0.1, 0.15) is 36.1 Å². The van der Waals surface area contributed by atoms with Crippen LogP contribution < -0.4 is 4.90 Å². The Morgan fingerprint density at radius 3 is 1.52 bits per heavy atom. The Labute approximate surface area is 190 Å². The lowest BCUT2D eigenvalue weighted by Crippen LogP contribution is -2.59. The zero-order chi connectivity index (χ0) is 21.7. The summed E-state index contributed by atoms with van der Waals surface area (Å²) < 4.78 is 0. The molecular formula is C26H19Cl2NO2. The summed E-state index contributed by atoms with van der Waals surface area (Å²) in [5.74, 6) is -1.44. The second kappa shape index (κ2) is 5.99. The number of nitrogens with zero attached hydrogens (tertiary/aromatic N) is 1. The SMILES string of the molecule is CC12c3ccccc3C(C)(c3ccccc31)[C@H]1C(=O)N(c3cccc(Cl)c3Cl)C(=O)[C@@H]12. The van der Waals surface area contributed by atoms with Crippen molar-refractivity contribution < 1.29 is 9.59 Å². The number of carbonyl (C=O) groups is 2. The third-order valence-corrected chi connectivity index (χ3v) is 8.62. The molecule has 2 bridgehead atoms. The van der Waals surface area contributed by atoms with Gasteiger partial charge in [0.2, 0.25) is 11.8 Å². The van der Waals surface area contributed by atoms with E-state index in [1.807, 2.05) is 24.3 Å². The molecule has 1 heterocycles. The van der Waals surface area contributed by atoms with Gasteiger partial charge in [-0.15, -0.1) is 0 Å². The lowest BCUT2D eigenvalue weighted by Gasteiger charge is -2.57. The molecule has 0 N–H and O–H groups in total. The van der Waals surface area contributed by atoms with Gasteiger partial charge in [-0.25, -0.2) is 4.90 Å². The van der Waals surface area contributed by atoms with Crippen molar-refractivity contribution in [2.45, 2.75) is 24.7 Å². The van der Waals surface area contributed by atoms with E-state index in [-0.39, 0.29) is 16.8 Å². The molecule has 0 radical (unpaired) electrons. The molecule has 0 unspecified atom stereocenters. The fourth-order valence-electron chi connectivity index (χ4n) is 6.47. The second-order valence-corrected chi connectivity index (χ2v) is 9.82. The zero-order valence-electron chi connectivity index (χ0n) is 17.0. The summed E-state index contributed by atoms with van der Waals surface area (Å²) in [6, 6.07) is 21.5. The Morgan fingerprint density at radius 1 is 0.677 bits per heavy atom. The van der Waals surface area contributed by atoms with Crippen LogP contribution in [0.25, 0.3) is 0 Å². The Balaban J connectivity index is 1.67. The van der Waals surface area contributed by atoms with E-state index in [4.69, 9.17) is 23.2 Å². The van der Waals surface area contributed by atoms with E-state index >= 15 is 0 Å². The number of anilines is 1. The van der Waals surface area contributed by atoms with Gasteiger partial charge in [-0.3, -0.25) is 9.59 Å². The highest BCUT2D eigenvalue weighted by molar-refractivity contribution is 6.45. The number of hydrogen-bond donors (Lipinski definition) is 0. The van der Waals surface area contributed by atoms with Crippen LogP contribution in [-0.2, 0) is 20.4 Å². The topological polar surface area (TPSA) is 37.4 Å². The molecule has 0 aromatic heterocycles. The van der Waals surface area contributed by atoms with Crippen LogP contribution in [0.3, 0.4) is 0 Å². The number of halogens is 2. The van der Waals surface area contributed by atoms with Crippen molar-refractivity contribution in [2.75, 3.05) is 4.90 Å². The van der Waals surface area contributed by atoms with Gasteiger partial charge in [0.25, 0.3) is 0 Å². The third-order valence-electron chi connectivity index (χ3n) is 7.81. The van der Waals surface area contributed by atoms with Crippen LogP contribution in [0, 0.1) is 11.8 Å². The molecule has 4 aliphatic rings. The smallest absolute Gasteiger partial charge is 0.239 e. The molecule has 3 aromatic carbocycles. The van der Waals surface area contributed by atoms with Crippen LogP contribution in [0.2, 0.25) is 10.0 Å². The molecule has 0 spiro atoms. The first kappa shape index (κ1) is 19.1. The molecule has 3 aliphatic carbocycles. The van der Waals surface area contributed by atoms with Gasteiger partial charge in [0, 0.05) is 10.8 Å². The summed E-state index contributed by atoms with van der Waals surface area (Å²) in [5, 5.41) is 0.545. The molecular weight excluding hydrogens is 429 g/mol. The molecule has 154 valence electrons. The molecule has 7 rings (SSSR count). The van der Waals surface area contributed by atoms with Crippen molar-refractivity contribution in [2.24, 2.45) is 11.8 Å². The van der Waals surface area contributed by atoms with Crippen molar-refractivity contribution in [3.8, 4) is 0 Å². The number of benzene rings is 3. The summed E-state index contributed by atoms with van der Waals surface area (Å²) in [5.41, 5.74) is 3.63. The monoisotopic (exact) mass is 447 g/mol. The Hall–Kier alpha value is -2.62. The first-order valence-electron chi connectivity index (χ1n) is 10.3. The first-order valence-corrected chi connectivity index (χ1v) is 11.1. The number of hydrogen-bond acceptors (Lipinski definition) is 2. The molecule has 31 heavy (non-hydrogen) atoms. The van der Waals surface area contributed by atoms with E-state index < -0.39 is 22.7 Å². The minimum Gasteiger partial charge on any atom is -0.274 e. The minimum absolute atomic E-state index is 0.211. The highest BCUT2D eigenvalue weighted by Gasteiger charge is 2.70. The van der Waals surface area contributed by atoms with Crippen LogP contribution in [0.5, 0.6) is 0 Å². The molecule has 2 atom stereocenters. The van der Waals surface area contributed by atoms with Gasteiger partial charge in [0.15, 0.2) is 0 Å². The number of carbonyl (C=O) groups excluding carboxylic acids is 2. The summed E-state index contributed by atoms with van der Waals surface area (Å²) in [6.45, 7) is 4.21. The van der Waals surface area contributed by atoms with Gasteiger partial charge < -0.3 is 0 Å². The Morgan fingerprint density at radius 2 is 1.10 bits per heavy atom. The zero-order valence-corrected chi connectivity index (χ0v) is 18.5. The number of amides is 2. The van der Waals surface area contributed by atoms with Gasteiger partial charge in [-0.05, 0) is 34.4 Å². The average molecular weight is 448 g/mol. The molecule has 5 heteroatoms. The van der Waals surface area contributed by atoms with E-state index in [2.05, 4.69) is 38.1 Å². The van der Waals surface area contributed by atoms with Crippen molar-refractivity contribution in [1.82, 2.24) is 0 Å². The van der Waals surface area contributed by atoms with Gasteiger partial charge >= 0.3 is 0 Å². The van der Waals surface area contributed by atoms with Crippen molar-refractivity contribution in [1.29, 1.82) is 0 Å². The van der Waals surface area contributed by atoms with Crippen LogP contribution in [-0.4, -0.2) is 11.8 Å². The average Bonchev–Trinajstić information content (AvgIpc) is 3.05. The van der Waals surface area contributed by atoms with Gasteiger partial charge in [-0.2, -0.15) is 0 Å². The maximum absolute atomic E-state index is 14.0. The fraction of sp³-hybridized carbons (Fsp3) is 0.231. The quantitative estimate of drug-likeness (QED) is 0.446. The van der Waals surface area contributed by atoms with E-state index in [0.717, 1.165) is 22.3 Å². The number of imide groups is 1. The van der Waals surface area contributed by atoms with Crippen molar-refractivity contribution in [3.63, 3.8) is 0 Å². The first-order chi connectivity index (χ1) is 14.8. The molecule has 3 aromatic rings. The number of rotatable bonds is 1.